The normalized spacial score (nSPS) is 14.6. The van der Waals surface area contributed by atoms with Gasteiger partial charge in [-0.05, 0) is 18.4 Å². The zero-order chi connectivity index (χ0) is 8.20. The third kappa shape index (κ3) is 3.28. The first-order chi connectivity index (χ1) is 4.48. The van der Waals surface area contributed by atoms with Crippen LogP contribution in [-0.4, -0.2) is 11.4 Å². The summed E-state index contributed by atoms with van der Waals surface area (Å²) in [5.74, 6) is 0. The number of rotatable bonds is 1. The zero-order valence-electron chi connectivity index (χ0n) is 7.05. The van der Waals surface area contributed by atoms with E-state index in [-0.39, 0.29) is 5.41 Å². The van der Waals surface area contributed by atoms with Crippen molar-refractivity contribution < 1.29 is 5.21 Å². The van der Waals surface area contributed by atoms with E-state index in [4.69, 9.17) is 5.21 Å². The van der Waals surface area contributed by atoms with Crippen molar-refractivity contribution >= 4 is 6.21 Å². The summed E-state index contributed by atoms with van der Waals surface area (Å²) in [4.78, 5) is 0. The molecule has 0 aromatic carbocycles. The van der Waals surface area contributed by atoms with Crippen molar-refractivity contribution in [2.75, 3.05) is 0 Å². The van der Waals surface area contributed by atoms with E-state index in [1.807, 2.05) is 6.92 Å². The van der Waals surface area contributed by atoms with Gasteiger partial charge < -0.3 is 5.21 Å². The topological polar surface area (TPSA) is 32.6 Å². The molecule has 0 unspecified atom stereocenters. The Labute approximate surface area is 62.2 Å². The van der Waals surface area contributed by atoms with E-state index in [9.17, 15) is 0 Å². The Hall–Kier alpha value is -0.790. The Kier molecular flexibility index (Phi) is 3.13. The average Bonchev–Trinajstić information content (AvgIpc) is 1.80. The molecule has 0 aliphatic heterocycles. The maximum atomic E-state index is 8.11. The summed E-state index contributed by atoms with van der Waals surface area (Å²) in [6.07, 6.45) is 3.20. The molecule has 0 aliphatic carbocycles. The molecule has 0 amide bonds. The molecule has 2 heteroatoms. The van der Waals surface area contributed by atoms with Gasteiger partial charge in [-0.1, -0.05) is 31.5 Å². The highest BCUT2D eigenvalue weighted by molar-refractivity contribution is 5.71. The van der Waals surface area contributed by atoms with Crippen LogP contribution in [-0.2, 0) is 0 Å². The maximum absolute atomic E-state index is 8.11. The second kappa shape index (κ2) is 3.40. The summed E-state index contributed by atoms with van der Waals surface area (Å²) >= 11 is 0. The van der Waals surface area contributed by atoms with Gasteiger partial charge in [-0.3, -0.25) is 0 Å². The molecule has 0 aromatic heterocycles. The van der Waals surface area contributed by atoms with Crippen LogP contribution in [0.3, 0.4) is 0 Å². The number of oxime groups is 1. The average molecular weight is 141 g/mol. The summed E-state index contributed by atoms with van der Waals surface area (Å²) in [7, 11) is 0. The molecule has 0 radical (unpaired) electrons. The van der Waals surface area contributed by atoms with Crippen LogP contribution in [0.25, 0.3) is 0 Å². The van der Waals surface area contributed by atoms with Crippen LogP contribution in [0.1, 0.15) is 27.7 Å². The Morgan fingerprint density at radius 2 is 1.90 bits per heavy atom. The van der Waals surface area contributed by atoms with Crippen LogP contribution in [0.4, 0.5) is 0 Å². The summed E-state index contributed by atoms with van der Waals surface area (Å²) in [6, 6.07) is 0. The van der Waals surface area contributed by atoms with Gasteiger partial charge in [0, 0.05) is 0 Å². The Morgan fingerprint density at radius 3 is 2.20 bits per heavy atom. The quantitative estimate of drug-likeness (QED) is 0.339. The van der Waals surface area contributed by atoms with E-state index < -0.39 is 0 Å². The van der Waals surface area contributed by atoms with Crippen LogP contribution in [0, 0.1) is 5.41 Å². The number of hydrogen-bond acceptors (Lipinski definition) is 2. The minimum atomic E-state index is 0.168. The molecule has 2 nitrogen and oxygen atoms in total. The predicted octanol–water partition coefficient (Wildman–Crippen LogP) is 2.44. The zero-order valence-corrected chi connectivity index (χ0v) is 7.05. The lowest BCUT2D eigenvalue weighted by molar-refractivity contribution is 0.322. The number of hydrogen-bond donors (Lipinski definition) is 1. The molecule has 0 rings (SSSR count). The maximum Gasteiger partial charge on any atom is 0.0661 e. The molecule has 10 heavy (non-hydrogen) atoms. The third-order valence-electron chi connectivity index (χ3n) is 1.57. The summed E-state index contributed by atoms with van der Waals surface area (Å²) < 4.78 is 0. The minimum Gasteiger partial charge on any atom is -0.411 e. The number of nitrogens with zero attached hydrogens (tertiary/aromatic N) is 1. The molecule has 1 N–H and O–H groups in total. The highest BCUT2D eigenvalue weighted by atomic mass is 16.4. The van der Waals surface area contributed by atoms with Crippen molar-refractivity contribution in [2.45, 2.75) is 27.7 Å². The van der Waals surface area contributed by atoms with Crippen LogP contribution < -0.4 is 0 Å². The molecule has 0 spiro atoms. The minimum absolute atomic E-state index is 0.168. The smallest absolute Gasteiger partial charge is 0.0661 e. The third-order valence-corrected chi connectivity index (χ3v) is 1.57. The lowest BCUT2D eigenvalue weighted by atomic mass is 9.88. The molecule has 0 heterocycles. The second-order valence-corrected chi connectivity index (χ2v) is 3.36. The van der Waals surface area contributed by atoms with E-state index in [0.717, 1.165) is 0 Å². The summed E-state index contributed by atoms with van der Waals surface area (Å²) in [6.45, 7) is 8.36. The van der Waals surface area contributed by atoms with Crippen molar-refractivity contribution in [3.8, 4) is 0 Å². The first kappa shape index (κ1) is 9.21. The van der Waals surface area contributed by atoms with Gasteiger partial charge in [-0.15, -0.1) is 0 Å². The van der Waals surface area contributed by atoms with Crippen molar-refractivity contribution in [3.63, 3.8) is 0 Å². The van der Waals surface area contributed by atoms with Gasteiger partial charge >= 0.3 is 0 Å². The van der Waals surface area contributed by atoms with Gasteiger partial charge in [-0.25, -0.2) is 0 Å². The largest absolute Gasteiger partial charge is 0.411 e. The Morgan fingerprint density at radius 1 is 1.40 bits per heavy atom. The van der Waals surface area contributed by atoms with Crippen LogP contribution in [0.5, 0.6) is 0 Å². The monoisotopic (exact) mass is 141 g/mol. The van der Waals surface area contributed by atoms with Gasteiger partial charge in [-0.2, -0.15) is 0 Å². The molecular weight excluding hydrogens is 126 g/mol. The van der Waals surface area contributed by atoms with Gasteiger partial charge in [0.15, 0.2) is 0 Å². The SMILES string of the molecule is CC(=CC=NO)C(C)(C)C. The lowest BCUT2D eigenvalue weighted by Crippen LogP contribution is -2.06. The molecule has 0 saturated heterocycles. The van der Waals surface area contributed by atoms with E-state index >= 15 is 0 Å². The number of allylic oxidation sites excluding steroid dienone is 2. The van der Waals surface area contributed by atoms with E-state index in [0.29, 0.717) is 0 Å². The fourth-order valence-electron chi connectivity index (χ4n) is 0.395. The standard InChI is InChI=1S/C8H15NO/c1-7(5-6-9-10)8(2,3)4/h5-6,10H,1-4H3. The molecule has 0 aliphatic rings. The van der Waals surface area contributed by atoms with Crippen molar-refractivity contribution in [3.05, 3.63) is 11.6 Å². The first-order valence-corrected chi connectivity index (χ1v) is 3.33. The fourth-order valence-corrected chi connectivity index (χ4v) is 0.395. The summed E-state index contributed by atoms with van der Waals surface area (Å²) in [5, 5.41) is 11.0. The van der Waals surface area contributed by atoms with E-state index in [2.05, 4.69) is 25.9 Å². The fraction of sp³-hybridized carbons (Fsp3) is 0.625. The van der Waals surface area contributed by atoms with Gasteiger partial charge in [0.2, 0.25) is 0 Å². The second-order valence-electron chi connectivity index (χ2n) is 3.36. The van der Waals surface area contributed by atoms with Crippen molar-refractivity contribution in [2.24, 2.45) is 10.6 Å². The molecule has 0 fully saturated rings. The summed E-state index contributed by atoms with van der Waals surface area (Å²) in [5.41, 5.74) is 1.37. The van der Waals surface area contributed by atoms with Crippen LogP contribution in [0.15, 0.2) is 16.8 Å². The molecule has 0 saturated carbocycles. The van der Waals surface area contributed by atoms with Gasteiger partial charge in [0.25, 0.3) is 0 Å². The van der Waals surface area contributed by atoms with Crippen LogP contribution >= 0.6 is 0 Å². The highest BCUT2D eigenvalue weighted by Crippen LogP contribution is 2.23. The molecule has 0 bridgehead atoms. The van der Waals surface area contributed by atoms with E-state index in [1.54, 1.807) is 6.08 Å². The molecule has 0 aromatic rings. The van der Waals surface area contributed by atoms with Crippen molar-refractivity contribution in [1.82, 2.24) is 0 Å². The first-order valence-electron chi connectivity index (χ1n) is 3.33. The van der Waals surface area contributed by atoms with E-state index in [1.165, 1.54) is 11.8 Å². The lowest BCUT2D eigenvalue weighted by Gasteiger charge is -2.18. The van der Waals surface area contributed by atoms with Crippen molar-refractivity contribution in [1.29, 1.82) is 0 Å². The predicted molar refractivity (Wildman–Crippen MR) is 43.5 cm³/mol. The molecule has 0 atom stereocenters. The van der Waals surface area contributed by atoms with Gasteiger partial charge in [0.05, 0.1) is 6.21 Å². The Bertz CT molecular complexity index is 151. The Balaban J connectivity index is 4.20. The van der Waals surface area contributed by atoms with Crippen LogP contribution in [0.2, 0.25) is 0 Å². The molecular formula is C8H15NO. The molecule has 58 valence electrons. The highest BCUT2D eigenvalue weighted by Gasteiger charge is 2.10. The van der Waals surface area contributed by atoms with Gasteiger partial charge in [0.1, 0.15) is 0 Å².